The van der Waals surface area contributed by atoms with Gasteiger partial charge < -0.3 is 4.98 Å². The molecular formula is C4HI4NNa. The standard InChI is InChI=1S/C4HI4N.Na/c5-1-2(6)4(8)9-3(1)7;/h9H;. The smallest absolute Gasteiger partial charge is 0.0926 e. The molecule has 0 bridgehead atoms. The fourth-order valence-electron chi connectivity index (χ4n) is 0.399. The minimum atomic E-state index is 0. The zero-order chi connectivity index (χ0) is 7.02. The summed E-state index contributed by atoms with van der Waals surface area (Å²) in [5.74, 6) is 0. The molecular weight excluding hydrogens is 593 g/mol. The quantitative estimate of drug-likeness (QED) is 0.352. The van der Waals surface area contributed by atoms with Gasteiger partial charge in [-0.05, 0) is 90.4 Å². The number of hydrogen-bond donors (Lipinski definition) is 1. The van der Waals surface area contributed by atoms with Crippen molar-refractivity contribution >= 4 is 120 Å². The van der Waals surface area contributed by atoms with E-state index in [0.29, 0.717) is 0 Å². The molecule has 0 atom stereocenters. The van der Waals surface area contributed by atoms with E-state index in [4.69, 9.17) is 0 Å². The van der Waals surface area contributed by atoms with E-state index in [9.17, 15) is 0 Å². The van der Waals surface area contributed by atoms with Gasteiger partial charge in [-0.2, -0.15) is 0 Å². The molecule has 6 heteroatoms. The van der Waals surface area contributed by atoms with Gasteiger partial charge in [0, 0.05) is 29.6 Å². The molecule has 0 fully saturated rings. The van der Waals surface area contributed by atoms with E-state index in [0.717, 1.165) is 0 Å². The summed E-state index contributed by atoms with van der Waals surface area (Å²) < 4.78 is 5.14. The minimum absolute atomic E-state index is 0. The van der Waals surface area contributed by atoms with Gasteiger partial charge in [0.15, 0.2) is 0 Å². The van der Waals surface area contributed by atoms with Crippen molar-refractivity contribution in [1.29, 1.82) is 0 Å². The fourth-order valence-corrected chi connectivity index (χ4v) is 3.83. The van der Waals surface area contributed by atoms with E-state index in [1.54, 1.807) is 0 Å². The van der Waals surface area contributed by atoms with Crippen LogP contribution in [0.2, 0.25) is 0 Å². The Labute approximate surface area is 136 Å². The number of H-pyrrole nitrogens is 1. The van der Waals surface area contributed by atoms with Crippen LogP contribution < -0.4 is 0 Å². The van der Waals surface area contributed by atoms with E-state index < -0.39 is 0 Å². The van der Waals surface area contributed by atoms with Crippen molar-refractivity contribution in [3.8, 4) is 0 Å². The predicted molar refractivity (Wildman–Crippen MR) is 77.4 cm³/mol. The third-order valence-corrected chi connectivity index (χ3v) is 7.67. The molecule has 0 aliphatic heterocycles. The monoisotopic (exact) mass is 594 g/mol. The van der Waals surface area contributed by atoms with Crippen LogP contribution in [0.4, 0.5) is 0 Å². The molecule has 1 radical (unpaired) electrons. The zero-order valence-corrected chi connectivity index (χ0v) is 15.6. The van der Waals surface area contributed by atoms with Gasteiger partial charge in [-0.25, -0.2) is 0 Å². The summed E-state index contributed by atoms with van der Waals surface area (Å²) in [6.45, 7) is 0. The maximum Gasteiger partial charge on any atom is 0.0926 e. The third kappa shape index (κ3) is 3.16. The fraction of sp³-hybridized carbons (Fsp3) is 0. The molecule has 0 amide bonds. The SMILES string of the molecule is Ic1[nH]c(I)c(I)c1I.[Na]. The third-order valence-electron chi connectivity index (χ3n) is 0.798. The molecule has 51 valence electrons. The first-order valence-electron chi connectivity index (χ1n) is 2.01. The van der Waals surface area contributed by atoms with Crippen LogP contribution >= 0.6 is 90.4 Å². The first kappa shape index (κ1) is 13.2. The Morgan fingerprint density at radius 1 is 0.800 bits per heavy atom. The van der Waals surface area contributed by atoms with E-state index in [2.05, 4.69) is 95.3 Å². The van der Waals surface area contributed by atoms with E-state index in [1.807, 2.05) is 0 Å². The van der Waals surface area contributed by atoms with Crippen molar-refractivity contribution in [3.63, 3.8) is 0 Å². The van der Waals surface area contributed by atoms with E-state index >= 15 is 0 Å². The molecule has 1 heterocycles. The predicted octanol–water partition coefficient (Wildman–Crippen LogP) is 3.05. The topological polar surface area (TPSA) is 15.8 Å². The van der Waals surface area contributed by atoms with Gasteiger partial charge >= 0.3 is 0 Å². The maximum atomic E-state index is 3.23. The van der Waals surface area contributed by atoms with Crippen molar-refractivity contribution in [2.45, 2.75) is 0 Å². The first-order chi connectivity index (χ1) is 4.13. The van der Waals surface area contributed by atoms with Crippen LogP contribution in [0.25, 0.3) is 0 Å². The second-order valence-electron chi connectivity index (χ2n) is 1.38. The zero-order valence-electron chi connectivity index (χ0n) is 5.01. The average Bonchev–Trinajstić information content (AvgIpc) is 1.98. The normalized spacial score (nSPS) is 9.20. The van der Waals surface area contributed by atoms with Crippen molar-refractivity contribution in [2.75, 3.05) is 0 Å². The summed E-state index contributed by atoms with van der Waals surface area (Å²) in [4.78, 5) is 3.23. The van der Waals surface area contributed by atoms with Crippen LogP contribution in [0.3, 0.4) is 0 Å². The summed E-state index contributed by atoms with van der Waals surface area (Å²) in [6, 6.07) is 0. The molecule has 0 spiro atoms. The van der Waals surface area contributed by atoms with Crippen LogP contribution in [-0.4, -0.2) is 34.5 Å². The van der Waals surface area contributed by atoms with Crippen LogP contribution in [0, 0.1) is 14.5 Å². The molecule has 1 aromatic rings. The summed E-state index contributed by atoms with van der Waals surface area (Å²) in [6.07, 6.45) is 0. The van der Waals surface area contributed by atoms with E-state index in [-0.39, 0.29) is 29.6 Å². The van der Waals surface area contributed by atoms with Crippen LogP contribution in [0.1, 0.15) is 0 Å². The van der Waals surface area contributed by atoms with Gasteiger partial charge in [0.1, 0.15) is 0 Å². The summed E-state index contributed by atoms with van der Waals surface area (Å²) >= 11 is 9.27. The molecule has 0 saturated heterocycles. The van der Waals surface area contributed by atoms with Gasteiger partial charge in [-0.1, -0.05) is 0 Å². The molecule has 0 aromatic carbocycles. The molecule has 0 aliphatic carbocycles. The largest absolute Gasteiger partial charge is 0.344 e. The van der Waals surface area contributed by atoms with Crippen LogP contribution in [0.15, 0.2) is 0 Å². The van der Waals surface area contributed by atoms with Gasteiger partial charge in [-0.15, -0.1) is 0 Å². The number of aromatic nitrogens is 1. The Kier molecular flexibility index (Phi) is 7.70. The Morgan fingerprint density at radius 3 is 1.20 bits per heavy atom. The van der Waals surface area contributed by atoms with Crippen LogP contribution in [-0.2, 0) is 0 Å². The Balaban J connectivity index is 0.000000810. The Hall–Kier alpha value is 3.20. The number of nitrogens with one attached hydrogen (secondary N) is 1. The van der Waals surface area contributed by atoms with Crippen molar-refractivity contribution in [1.82, 2.24) is 4.98 Å². The molecule has 0 aliphatic rings. The van der Waals surface area contributed by atoms with Crippen molar-refractivity contribution in [3.05, 3.63) is 14.5 Å². The first-order valence-corrected chi connectivity index (χ1v) is 6.32. The molecule has 1 aromatic heterocycles. The average molecular weight is 594 g/mol. The molecule has 0 unspecified atom stereocenters. The summed E-state index contributed by atoms with van der Waals surface area (Å²) in [5.41, 5.74) is 0. The van der Waals surface area contributed by atoms with Gasteiger partial charge in [-0.3, -0.25) is 0 Å². The van der Waals surface area contributed by atoms with Gasteiger partial charge in [0.25, 0.3) is 0 Å². The number of aromatic amines is 1. The molecule has 1 N–H and O–H groups in total. The molecule has 10 heavy (non-hydrogen) atoms. The maximum absolute atomic E-state index is 3.23. The number of rotatable bonds is 0. The number of halogens is 4. The number of hydrogen-bond acceptors (Lipinski definition) is 0. The Morgan fingerprint density at radius 2 is 1.10 bits per heavy atom. The van der Waals surface area contributed by atoms with Gasteiger partial charge in [0.2, 0.25) is 0 Å². The second-order valence-corrected chi connectivity index (χ2v) is 5.70. The summed E-state index contributed by atoms with van der Waals surface area (Å²) in [7, 11) is 0. The minimum Gasteiger partial charge on any atom is -0.344 e. The molecule has 1 rings (SSSR count). The summed E-state index contributed by atoms with van der Waals surface area (Å²) in [5, 5.41) is 0. The second kappa shape index (κ2) is 5.83. The Bertz CT molecular complexity index is 211. The van der Waals surface area contributed by atoms with Crippen molar-refractivity contribution < 1.29 is 0 Å². The molecule has 1 nitrogen and oxygen atoms in total. The molecule has 0 saturated carbocycles. The van der Waals surface area contributed by atoms with Crippen molar-refractivity contribution in [2.24, 2.45) is 0 Å². The van der Waals surface area contributed by atoms with E-state index in [1.165, 1.54) is 14.5 Å². The van der Waals surface area contributed by atoms with Gasteiger partial charge in [0.05, 0.1) is 14.5 Å². The van der Waals surface area contributed by atoms with Crippen LogP contribution in [0.5, 0.6) is 0 Å².